The maximum absolute atomic E-state index is 13.3. The van der Waals surface area contributed by atoms with Gasteiger partial charge in [-0.3, -0.25) is 4.90 Å². The van der Waals surface area contributed by atoms with Gasteiger partial charge < -0.3 is 14.8 Å². The van der Waals surface area contributed by atoms with Gasteiger partial charge in [-0.25, -0.2) is 9.18 Å². The van der Waals surface area contributed by atoms with Crippen molar-refractivity contribution in [2.24, 2.45) is 0 Å². The maximum atomic E-state index is 13.3. The molecule has 0 unspecified atom stereocenters. The predicted molar refractivity (Wildman–Crippen MR) is 109 cm³/mol. The van der Waals surface area contributed by atoms with E-state index in [1.54, 1.807) is 31.1 Å². The number of anilines is 1. The van der Waals surface area contributed by atoms with Crippen molar-refractivity contribution >= 4 is 29.0 Å². The van der Waals surface area contributed by atoms with Crippen LogP contribution in [-0.2, 0) is 14.3 Å². The van der Waals surface area contributed by atoms with Crippen LogP contribution in [0.1, 0.15) is 18.5 Å². The molecule has 0 aliphatic carbocycles. The van der Waals surface area contributed by atoms with Crippen molar-refractivity contribution in [1.29, 1.82) is 0 Å². The highest BCUT2D eigenvalue weighted by atomic mass is 32.1. The Morgan fingerprint density at radius 2 is 1.82 bits per heavy atom. The molecule has 0 amide bonds. The van der Waals surface area contributed by atoms with Gasteiger partial charge in [0, 0.05) is 18.5 Å². The van der Waals surface area contributed by atoms with Crippen molar-refractivity contribution < 1.29 is 18.7 Å². The number of carbonyl (C=O) groups is 1. The molecule has 0 spiro atoms. The summed E-state index contributed by atoms with van der Waals surface area (Å²) in [5, 5.41) is 3.64. The van der Waals surface area contributed by atoms with Crippen molar-refractivity contribution in [1.82, 2.24) is 5.32 Å². The van der Waals surface area contributed by atoms with E-state index in [0.29, 0.717) is 28.7 Å². The van der Waals surface area contributed by atoms with Gasteiger partial charge in [0.1, 0.15) is 12.4 Å². The van der Waals surface area contributed by atoms with E-state index in [2.05, 4.69) is 5.32 Å². The van der Waals surface area contributed by atoms with Gasteiger partial charge >= 0.3 is 5.97 Å². The van der Waals surface area contributed by atoms with E-state index in [-0.39, 0.29) is 12.4 Å². The molecule has 1 heterocycles. The number of carbonyl (C=O) groups excluding carboxylic acids is 1. The quantitative estimate of drug-likeness (QED) is 0.453. The summed E-state index contributed by atoms with van der Waals surface area (Å²) in [6.45, 7) is 2.26. The highest BCUT2D eigenvalue weighted by Gasteiger charge is 2.35. The van der Waals surface area contributed by atoms with Gasteiger partial charge in [-0.1, -0.05) is 30.3 Å². The van der Waals surface area contributed by atoms with E-state index in [4.69, 9.17) is 21.7 Å². The number of benzene rings is 2. The van der Waals surface area contributed by atoms with Gasteiger partial charge in [0.25, 0.3) is 0 Å². The molecule has 1 N–H and O–H groups in total. The molecule has 0 saturated heterocycles. The Labute approximate surface area is 168 Å². The number of rotatable bonds is 6. The van der Waals surface area contributed by atoms with Gasteiger partial charge in [0.05, 0.1) is 18.2 Å². The third-order valence-corrected chi connectivity index (χ3v) is 4.74. The molecule has 28 heavy (non-hydrogen) atoms. The number of nitrogens with zero attached hydrogens (tertiary/aromatic N) is 1. The van der Waals surface area contributed by atoms with Crippen LogP contribution in [0.4, 0.5) is 10.1 Å². The third kappa shape index (κ3) is 4.21. The lowest BCUT2D eigenvalue weighted by Crippen LogP contribution is -2.48. The summed E-state index contributed by atoms with van der Waals surface area (Å²) in [7, 11) is 1.54. The van der Waals surface area contributed by atoms with Gasteiger partial charge in [0.2, 0.25) is 0 Å². The van der Waals surface area contributed by atoms with Gasteiger partial charge in [0.15, 0.2) is 5.11 Å². The Bertz CT molecular complexity index is 884. The number of nitrogens with one attached hydrogen (secondary N) is 1. The average molecular weight is 400 g/mol. The fraction of sp³-hybridized carbons (Fsp3) is 0.238. The number of methoxy groups -OCH3 is 1. The lowest BCUT2D eigenvalue weighted by Gasteiger charge is -2.37. The Morgan fingerprint density at radius 3 is 2.46 bits per heavy atom. The molecule has 1 aliphatic heterocycles. The van der Waals surface area contributed by atoms with Crippen LogP contribution in [-0.4, -0.2) is 31.4 Å². The van der Waals surface area contributed by atoms with Crippen LogP contribution in [0.3, 0.4) is 0 Å². The van der Waals surface area contributed by atoms with E-state index in [1.165, 1.54) is 12.1 Å². The maximum Gasteiger partial charge on any atom is 0.338 e. The van der Waals surface area contributed by atoms with E-state index in [1.807, 2.05) is 30.3 Å². The normalized spacial score (nSPS) is 16.8. The van der Waals surface area contributed by atoms with Gasteiger partial charge in [-0.05, 0) is 49.0 Å². The van der Waals surface area contributed by atoms with Crippen LogP contribution in [0.15, 0.2) is 65.9 Å². The minimum absolute atomic E-state index is 0.147. The molecular weight excluding hydrogens is 379 g/mol. The van der Waals surface area contributed by atoms with Crippen LogP contribution >= 0.6 is 12.2 Å². The lowest BCUT2D eigenvalue weighted by molar-refractivity contribution is -0.140. The van der Waals surface area contributed by atoms with E-state index < -0.39 is 12.0 Å². The summed E-state index contributed by atoms with van der Waals surface area (Å²) in [5.41, 5.74) is 2.62. The minimum Gasteiger partial charge on any atom is -0.460 e. The number of allylic oxidation sites excluding steroid dienone is 1. The molecule has 0 radical (unpaired) electrons. The average Bonchev–Trinajstić information content (AvgIpc) is 2.69. The Morgan fingerprint density at radius 1 is 1.14 bits per heavy atom. The Hall–Kier alpha value is -2.77. The number of halogens is 1. The molecular formula is C21H21FN2O3S. The number of ether oxygens (including phenoxy) is 2. The molecule has 0 saturated carbocycles. The zero-order chi connectivity index (χ0) is 20.1. The molecule has 1 atom stereocenters. The fourth-order valence-electron chi connectivity index (χ4n) is 3.10. The zero-order valence-corrected chi connectivity index (χ0v) is 16.5. The first kappa shape index (κ1) is 20.0. The van der Waals surface area contributed by atoms with E-state index >= 15 is 0 Å². The molecule has 1 aliphatic rings. The summed E-state index contributed by atoms with van der Waals surface area (Å²) in [6, 6.07) is 15.0. The second-order valence-corrected chi connectivity index (χ2v) is 6.62. The number of hydrogen-bond acceptors (Lipinski definition) is 4. The largest absolute Gasteiger partial charge is 0.460 e. The zero-order valence-electron chi connectivity index (χ0n) is 15.6. The Kier molecular flexibility index (Phi) is 6.38. The van der Waals surface area contributed by atoms with Crippen molar-refractivity contribution in [3.8, 4) is 0 Å². The molecule has 2 aromatic rings. The standard InChI is InChI=1S/C21H21FN2O3S/c1-14-18(20(25)27-13-12-26-2)19(15-6-4-3-5-7-15)23-21(28)24(14)17-10-8-16(22)9-11-17/h3-11,19H,12-13H2,1-2H3,(H,23,28)/t19-/m0/s1. The first-order chi connectivity index (χ1) is 13.5. The van der Waals surface area contributed by atoms with E-state index in [9.17, 15) is 9.18 Å². The van der Waals surface area contributed by atoms with Crippen molar-refractivity contribution in [2.45, 2.75) is 13.0 Å². The van der Waals surface area contributed by atoms with Gasteiger partial charge in [-0.15, -0.1) is 0 Å². The summed E-state index contributed by atoms with van der Waals surface area (Å²) < 4.78 is 23.7. The second kappa shape index (κ2) is 8.95. The second-order valence-electron chi connectivity index (χ2n) is 6.23. The van der Waals surface area contributed by atoms with Crippen LogP contribution in [0.2, 0.25) is 0 Å². The van der Waals surface area contributed by atoms with Crippen LogP contribution in [0.25, 0.3) is 0 Å². The van der Waals surface area contributed by atoms with E-state index in [0.717, 1.165) is 5.56 Å². The number of thiocarbonyl (C=S) groups is 1. The topological polar surface area (TPSA) is 50.8 Å². The number of esters is 1. The minimum atomic E-state index is -0.453. The highest BCUT2D eigenvalue weighted by Crippen LogP contribution is 2.34. The molecule has 0 fully saturated rings. The SMILES string of the molecule is COCCOC(=O)C1=C(C)N(c2ccc(F)cc2)C(=S)N[C@H]1c1ccccc1. The fourth-order valence-corrected chi connectivity index (χ4v) is 3.46. The molecule has 0 aromatic heterocycles. The molecule has 2 aromatic carbocycles. The first-order valence-electron chi connectivity index (χ1n) is 8.81. The summed E-state index contributed by atoms with van der Waals surface area (Å²) in [4.78, 5) is 14.6. The predicted octanol–water partition coefficient (Wildman–Crippen LogP) is 3.73. The smallest absolute Gasteiger partial charge is 0.338 e. The van der Waals surface area contributed by atoms with Crippen molar-refractivity contribution in [2.75, 3.05) is 25.2 Å². The van der Waals surface area contributed by atoms with Crippen LogP contribution < -0.4 is 10.2 Å². The monoisotopic (exact) mass is 400 g/mol. The van der Waals surface area contributed by atoms with Gasteiger partial charge in [-0.2, -0.15) is 0 Å². The molecule has 0 bridgehead atoms. The lowest BCUT2D eigenvalue weighted by atomic mass is 9.95. The van der Waals surface area contributed by atoms with Crippen LogP contribution in [0, 0.1) is 5.82 Å². The van der Waals surface area contributed by atoms with Crippen molar-refractivity contribution in [3.63, 3.8) is 0 Å². The highest BCUT2D eigenvalue weighted by molar-refractivity contribution is 7.80. The van der Waals surface area contributed by atoms with Crippen molar-refractivity contribution in [3.05, 3.63) is 77.2 Å². The summed E-state index contributed by atoms with van der Waals surface area (Å²) >= 11 is 5.56. The molecule has 5 nitrogen and oxygen atoms in total. The number of hydrogen-bond donors (Lipinski definition) is 1. The first-order valence-corrected chi connectivity index (χ1v) is 9.21. The summed E-state index contributed by atoms with van der Waals surface area (Å²) in [5.74, 6) is -0.798. The summed E-state index contributed by atoms with van der Waals surface area (Å²) in [6.07, 6.45) is 0. The Balaban J connectivity index is 2.04. The molecule has 7 heteroatoms. The van der Waals surface area contributed by atoms with Crippen LogP contribution in [0.5, 0.6) is 0 Å². The third-order valence-electron chi connectivity index (χ3n) is 4.44. The molecule has 3 rings (SSSR count). The molecule has 146 valence electrons.